The lowest BCUT2D eigenvalue weighted by molar-refractivity contribution is 0.0627. The second-order valence-electron chi connectivity index (χ2n) is 7.20. The molecule has 0 radical (unpaired) electrons. The van der Waals surface area contributed by atoms with E-state index in [1.165, 1.54) is 6.20 Å². The number of pyridine rings is 1. The van der Waals surface area contributed by atoms with Gasteiger partial charge < -0.3 is 14.4 Å². The van der Waals surface area contributed by atoms with Crippen molar-refractivity contribution in [3.63, 3.8) is 0 Å². The minimum absolute atomic E-state index is 0.0345. The standard InChI is InChI=1S/C21H25Cl2N3O3/c1-14(2)29-20-18(23)11-15(12-24-20)21(27)26-8-6-25(7-9-26)13-16-10-17(22)4-5-19(16)28-3/h4-5,10-12,14H,6-9,13H2,1-3H3. The summed E-state index contributed by atoms with van der Waals surface area (Å²) in [7, 11) is 1.65. The van der Waals surface area contributed by atoms with Crippen molar-refractivity contribution in [1.29, 1.82) is 0 Å². The molecule has 0 bridgehead atoms. The molecule has 6 nitrogen and oxygen atoms in total. The summed E-state index contributed by atoms with van der Waals surface area (Å²) in [6.45, 7) is 7.30. The molecule has 0 spiro atoms. The molecular formula is C21H25Cl2N3O3. The van der Waals surface area contributed by atoms with Crippen molar-refractivity contribution in [2.24, 2.45) is 0 Å². The maximum Gasteiger partial charge on any atom is 0.255 e. The largest absolute Gasteiger partial charge is 0.496 e. The number of rotatable bonds is 6. The summed E-state index contributed by atoms with van der Waals surface area (Å²) in [5.41, 5.74) is 1.51. The molecule has 1 saturated heterocycles. The van der Waals surface area contributed by atoms with Crippen molar-refractivity contribution in [2.45, 2.75) is 26.5 Å². The molecule has 1 aliphatic rings. The molecule has 0 saturated carbocycles. The normalized spacial score (nSPS) is 14.9. The van der Waals surface area contributed by atoms with Gasteiger partial charge in [0, 0.05) is 49.5 Å². The average Bonchev–Trinajstić information content (AvgIpc) is 2.69. The summed E-state index contributed by atoms with van der Waals surface area (Å²) in [5.74, 6) is 1.09. The van der Waals surface area contributed by atoms with Gasteiger partial charge in [-0.05, 0) is 38.1 Å². The molecule has 1 amide bonds. The van der Waals surface area contributed by atoms with Gasteiger partial charge >= 0.3 is 0 Å². The third-order valence-corrected chi connectivity index (χ3v) is 5.20. The number of hydrogen-bond donors (Lipinski definition) is 0. The van der Waals surface area contributed by atoms with Crippen molar-refractivity contribution >= 4 is 29.1 Å². The minimum atomic E-state index is -0.0736. The summed E-state index contributed by atoms with van der Waals surface area (Å²) in [6, 6.07) is 7.24. The maximum atomic E-state index is 12.8. The molecule has 0 N–H and O–H groups in total. The van der Waals surface area contributed by atoms with E-state index in [9.17, 15) is 4.79 Å². The Kier molecular flexibility index (Phi) is 7.22. The fraction of sp³-hybridized carbons (Fsp3) is 0.429. The highest BCUT2D eigenvalue weighted by atomic mass is 35.5. The Morgan fingerprint density at radius 1 is 1.17 bits per heavy atom. The summed E-state index contributed by atoms with van der Waals surface area (Å²) in [5, 5.41) is 1.03. The van der Waals surface area contributed by atoms with Crippen LogP contribution in [-0.4, -0.2) is 60.1 Å². The Balaban J connectivity index is 1.60. The van der Waals surface area contributed by atoms with Gasteiger partial charge in [-0.1, -0.05) is 23.2 Å². The Hall–Kier alpha value is -2.02. The van der Waals surface area contributed by atoms with Gasteiger partial charge in [0.25, 0.3) is 5.91 Å². The van der Waals surface area contributed by atoms with E-state index in [2.05, 4.69) is 9.88 Å². The number of methoxy groups -OCH3 is 1. The lowest BCUT2D eigenvalue weighted by Gasteiger charge is -2.35. The molecule has 8 heteroatoms. The first kappa shape index (κ1) is 21.7. The van der Waals surface area contributed by atoms with Gasteiger partial charge in [0.1, 0.15) is 10.8 Å². The van der Waals surface area contributed by atoms with Crippen LogP contribution in [0.3, 0.4) is 0 Å². The Bertz CT molecular complexity index is 868. The van der Waals surface area contributed by atoms with Crippen molar-refractivity contribution in [1.82, 2.24) is 14.8 Å². The van der Waals surface area contributed by atoms with Gasteiger partial charge in [-0.2, -0.15) is 0 Å². The lowest BCUT2D eigenvalue weighted by Crippen LogP contribution is -2.48. The van der Waals surface area contributed by atoms with E-state index in [4.69, 9.17) is 32.7 Å². The molecule has 1 aliphatic heterocycles. The van der Waals surface area contributed by atoms with Crippen LogP contribution < -0.4 is 9.47 Å². The van der Waals surface area contributed by atoms with Gasteiger partial charge in [-0.25, -0.2) is 4.98 Å². The molecule has 1 aromatic heterocycles. The van der Waals surface area contributed by atoms with E-state index in [0.29, 0.717) is 34.6 Å². The SMILES string of the molecule is COc1ccc(Cl)cc1CN1CCN(C(=O)c2cnc(OC(C)C)c(Cl)c2)CC1. The number of hydrogen-bond acceptors (Lipinski definition) is 5. The summed E-state index contributed by atoms with van der Waals surface area (Å²) >= 11 is 12.3. The number of piperazine rings is 1. The number of carbonyl (C=O) groups excluding carboxylic acids is 1. The first-order valence-corrected chi connectivity index (χ1v) is 10.3. The van der Waals surface area contributed by atoms with E-state index >= 15 is 0 Å². The van der Waals surface area contributed by atoms with Gasteiger partial charge in [-0.15, -0.1) is 0 Å². The second kappa shape index (κ2) is 9.65. The summed E-state index contributed by atoms with van der Waals surface area (Å²) in [4.78, 5) is 21.1. The number of carbonyl (C=O) groups is 1. The Morgan fingerprint density at radius 3 is 2.52 bits per heavy atom. The smallest absolute Gasteiger partial charge is 0.255 e. The van der Waals surface area contributed by atoms with Crippen LogP contribution in [0.15, 0.2) is 30.5 Å². The topological polar surface area (TPSA) is 54.9 Å². The zero-order valence-electron chi connectivity index (χ0n) is 16.8. The molecule has 0 aliphatic carbocycles. The van der Waals surface area contributed by atoms with Crippen LogP contribution in [0.2, 0.25) is 10.0 Å². The lowest BCUT2D eigenvalue weighted by atomic mass is 10.1. The number of aromatic nitrogens is 1. The molecule has 1 aromatic carbocycles. The van der Waals surface area contributed by atoms with Crippen molar-refractivity contribution in [3.8, 4) is 11.6 Å². The van der Waals surface area contributed by atoms with Crippen LogP contribution in [0.25, 0.3) is 0 Å². The average molecular weight is 438 g/mol. The van der Waals surface area contributed by atoms with E-state index in [1.807, 2.05) is 36.9 Å². The number of ether oxygens (including phenoxy) is 2. The zero-order valence-corrected chi connectivity index (χ0v) is 18.3. The molecule has 0 unspecified atom stereocenters. The first-order chi connectivity index (χ1) is 13.9. The van der Waals surface area contributed by atoms with Crippen LogP contribution in [0, 0.1) is 0 Å². The highest BCUT2D eigenvalue weighted by Gasteiger charge is 2.24. The van der Waals surface area contributed by atoms with Gasteiger partial charge in [0.05, 0.1) is 18.8 Å². The molecule has 3 rings (SSSR count). The molecule has 2 heterocycles. The summed E-state index contributed by atoms with van der Waals surface area (Å²) in [6.07, 6.45) is 1.49. The number of nitrogens with zero attached hydrogens (tertiary/aromatic N) is 3. The Morgan fingerprint density at radius 2 is 1.90 bits per heavy atom. The highest BCUT2D eigenvalue weighted by Crippen LogP contribution is 2.26. The monoisotopic (exact) mass is 437 g/mol. The van der Waals surface area contributed by atoms with E-state index < -0.39 is 0 Å². The number of amides is 1. The van der Waals surface area contributed by atoms with Gasteiger partial charge in [0.2, 0.25) is 5.88 Å². The van der Waals surface area contributed by atoms with Gasteiger partial charge in [-0.3, -0.25) is 9.69 Å². The van der Waals surface area contributed by atoms with Crippen molar-refractivity contribution in [2.75, 3.05) is 33.3 Å². The molecule has 156 valence electrons. The minimum Gasteiger partial charge on any atom is -0.496 e. The maximum absolute atomic E-state index is 12.8. The number of halogens is 2. The van der Waals surface area contributed by atoms with Crippen molar-refractivity contribution < 1.29 is 14.3 Å². The van der Waals surface area contributed by atoms with Crippen molar-refractivity contribution in [3.05, 3.63) is 51.6 Å². The predicted octanol–water partition coefficient (Wildman–Crippen LogP) is 4.14. The summed E-state index contributed by atoms with van der Waals surface area (Å²) < 4.78 is 11.0. The molecule has 29 heavy (non-hydrogen) atoms. The van der Waals surface area contributed by atoms with Crippen LogP contribution in [-0.2, 0) is 6.54 Å². The first-order valence-electron chi connectivity index (χ1n) is 9.53. The number of benzene rings is 1. The predicted molar refractivity (Wildman–Crippen MR) is 114 cm³/mol. The third-order valence-electron chi connectivity index (χ3n) is 4.70. The molecule has 0 atom stereocenters. The molecular weight excluding hydrogens is 413 g/mol. The molecule has 1 fully saturated rings. The van der Waals surface area contributed by atoms with E-state index in [1.54, 1.807) is 13.2 Å². The fourth-order valence-corrected chi connectivity index (χ4v) is 3.66. The Labute approximate surface area is 181 Å². The van der Waals surface area contributed by atoms with Crippen LogP contribution >= 0.6 is 23.2 Å². The van der Waals surface area contributed by atoms with Crippen LogP contribution in [0.1, 0.15) is 29.8 Å². The van der Waals surface area contributed by atoms with E-state index in [-0.39, 0.29) is 12.0 Å². The van der Waals surface area contributed by atoms with Crippen LogP contribution in [0.4, 0.5) is 0 Å². The third kappa shape index (κ3) is 5.53. The highest BCUT2D eigenvalue weighted by molar-refractivity contribution is 6.32. The molecule has 2 aromatic rings. The zero-order chi connectivity index (χ0) is 21.0. The van der Waals surface area contributed by atoms with Crippen LogP contribution in [0.5, 0.6) is 11.6 Å². The fourth-order valence-electron chi connectivity index (χ4n) is 3.26. The quantitative estimate of drug-likeness (QED) is 0.679. The van der Waals surface area contributed by atoms with Gasteiger partial charge in [0.15, 0.2) is 0 Å². The second-order valence-corrected chi connectivity index (χ2v) is 8.05. The van der Waals surface area contributed by atoms with E-state index in [0.717, 1.165) is 30.9 Å².